The predicted molar refractivity (Wildman–Crippen MR) is 126 cm³/mol. The Hall–Kier alpha value is -2.27. The fourth-order valence-electron chi connectivity index (χ4n) is 2.96. The second-order valence-corrected chi connectivity index (χ2v) is 9.40. The quantitative estimate of drug-likeness (QED) is 0.546. The van der Waals surface area contributed by atoms with Crippen LogP contribution in [-0.4, -0.2) is 35.1 Å². The number of nitrogens with one attached hydrogen (secondary N) is 1. The third-order valence-corrected chi connectivity index (χ3v) is 5.94. The lowest BCUT2D eigenvalue weighted by molar-refractivity contribution is -0.140. The molecule has 0 aliphatic heterocycles. The number of hydrogen-bond donors (Lipinski definition) is 1. The van der Waals surface area contributed by atoms with Gasteiger partial charge in [-0.2, -0.15) is 0 Å². The van der Waals surface area contributed by atoms with Crippen LogP contribution >= 0.6 is 11.8 Å². The van der Waals surface area contributed by atoms with Crippen molar-refractivity contribution in [1.29, 1.82) is 0 Å². The number of rotatable bonds is 10. The zero-order valence-electron chi connectivity index (χ0n) is 18.8. The summed E-state index contributed by atoms with van der Waals surface area (Å²) in [5.74, 6) is 0.957. The maximum absolute atomic E-state index is 13.1. The van der Waals surface area contributed by atoms with Crippen LogP contribution in [0.4, 0.5) is 0 Å². The minimum absolute atomic E-state index is 0.00221. The second-order valence-electron chi connectivity index (χ2n) is 8.23. The highest BCUT2D eigenvalue weighted by Gasteiger charge is 2.25. The SMILES string of the molecule is Cc1ccc(CN(C(=O)CCSc2ccc(C)cc2)C(C)C(=O)NCC(C)C)cc1. The van der Waals surface area contributed by atoms with Gasteiger partial charge in [-0.25, -0.2) is 0 Å². The van der Waals surface area contributed by atoms with Gasteiger partial charge in [0.25, 0.3) is 0 Å². The number of carbonyl (C=O) groups excluding carboxylic acids is 2. The maximum Gasteiger partial charge on any atom is 0.242 e. The molecular formula is C25H34N2O2S. The molecule has 0 saturated heterocycles. The fourth-order valence-corrected chi connectivity index (χ4v) is 3.80. The van der Waals surface area contributed by atoms with E-state index in [1.54, 1.807) is 16.7 Å². The first-order chi connectivity index (χ1) is 14.3. The minimum Gasteiger partial charge on any atom is -0.354 e. The molecule has 1 N–H and O–H groups in total. The van der Waals surface area contributed by atoms with Gasteiger partial charge in [0.2, 0.25) is 11.8 Å². The highest BCUT2D eigenvalue weighted by atomic mass is 32.2. The highest BCUT2D eigenvalue weighted by Crippen LogP contribution is 2.20. The van der Waals surface area contributed by atoms with Crippen LogP contribution in [0, 0.1) is 19.8 Å². The summed E-state index contributed by atoms with van der Waals surface area (Å²) in [4.78, 5) is 28.6. The molecule has 5 heteroatoms. The molecule has 162 valence electrons. The normalized spacial score (nSPS) is 11.9. The molecule has 0 aromatic heterocycles. The Balaban J connectivity index is 2.04. The lowest BCUT2D eigenvalue weighted by atomic mass is 10.1. The lowest BCUT2D eigenvalue weighted by Crippen LogP contribution is -2.48. The maximum atomic E-state index is 13.1. The Labute approximate surface area is 185 Å². The number of carbonyl (C=O) groups is 2. The Morgan fingerprint density at radius 1 is 0.933 bits per heavy atom. The van der Waals surface area contributed by atoms with E-state index in [4.69, 9.17) is 0 Å². The van der Waals surface area contributed by atoms with E-state index >= 15 is 0 Å². The van der Waals surface area contributed by atoms with Crippen molar-refractivity contribution in [3.8, 4) is 0 Å². The van der Waals surface area contributed by atoms with Crippen LogP contribution in [-0.2, 0) is 16.1 Å². The second kappa shape index (κ2) is 11.8. The van der Waals surface area contributed by atoms with Crippen molar-refractivity contribution in [1.82, 2.24) is 10.2 Å². The molecule has 0 fully saturated rings. The molecule has 0 spiro atoms. The molecule has 4 nitrogen and oxygen atoms in total. The summed E-state index contributed by atoms with van der Waals surface area (Å²) in [7, 11) is 0. The smallest absolute Gasteiger partial charge is 0.242 e. The van der Waals surface area contributed by atoms with Gasteiger partial charge in [-0.15, -0.1) is 11.8 Å². The van der Waals surface area contributed by atoms with Crippen molar-refractivity contribution in [3.63, 3.8) is 0 Å². The first-order valence-electron chi connectivity index (χ1n) is 10.6. The standard InChI is InChI=1S/C25H34N2O2S/c1-18(2)16-26-25(29)21(5)27(17-22-10-6-19(3)7-11-22)24(28)14-15-30-23-12-8-20(4)9-13-23/h6-13,18,21H,14-17H2,1-5H3,(H,26,29). The molecule has 0 saturated carbocycles. The van der Waals surface area contributed by atoms with Gasteiger partial charge in [0.05, 0.1) is 0 Å². The topological polar surface area (TPSA) is 49.4 Å². The van der Waals surface area contributed by atoms with Crippen molar-refractivity contribution in [2.45, 2.75) is 58.5 Å². The van der Waals surface area contributed by atoms with E-state index in [-0.39, 0.29) is 11.8 Å². The molecule has 0 bridgehead atoms. The number of hydrogen-bond acceptors (Lipinski definition) is 3. The Morgan fingerprint density at radius 3 is 2.07 bits per heavy atom. The summed E-state index contributed by atoms with van der Waals surface area (Å²) >= 11 is 1.67. The van der Waals surface area contributed by atoms with Gasteiger partial charge in [-0.3, -0.25) is 9.59 Å². The van der Waals surface area contributed by atoms with E-state index in [0.717, 1.165) is 10.5 Å². The molecular weight excluding hydrogens is 392 g/mol. The fraction of sp³-hybridized carbons (Fsp3) is 0.440. The van der Waals surface area contributed by atoms with Gasteiger partial charge in [-0.1, -0.05) is 61.4 Å². The molecule has 2 aromatic carbocycles. The molecule has 0 radical (unpaired) electrons. The number of thioether (sulfide) groups is 1. The van der Waals surface area contributed by atoms with Crippen LogP contribution in [0.15, 0.2) is 53.4 Å². The average Bonchev–Trinajstić information content (AvgIpc) is 2.72. The van der Waals surface area contributed by atoms with E-state index in [2.05, 4.69) is 50.4 Å². The minimum atomic E-state index is -0.512. The van der Waals surface area contributed by atoms with Crippen LogP contribution in [0.3, 0.4) is 0 Å². The van der Waals surface area contributed by atoms with Crippen LogP contribution in [0.25, 0.3) is 0 Å². The molecule has 1 unspecified atom stereocenters. The average molecular weight is 427 g/mol. The monoisotopic (exact) mass is 426 g/mol. The summed E-state index contributed by atoms with van der Waals surface area (Å²) in [5, 5.41) is 2.96. The van der Waals surface area contributed by atoms with Gasteiger partial charge in [0.1, 0.15) is 6.04 Å². The predicted octanol–water partition coefficient (Wildman–Crippen LogP) is 4.98. The number of aryl methyl sites for hydroxylation is 2. The summed E-state index contributed by atoms with van der Waals surface area (Å²) in [6.07, 6.45) is 0.395. The molecule has 0 heterocycles. The molecule has 1 atom stereocenters. The molecule has 30 heavy (non-hydrogen) atoms. The van der Waals surface area contributed by atoms with Crippen LogP contribution < -0.4 is 5.32 Å². The largest absolute Gasteiger partial charge is 0.354 e. The van der Waals surface area contributed by atoms with E-state index in [0.29, 0.717) is 31.2 Å². The van der Waals surface area contributed by atoms with Crippen LogP contribution in [0.1, 0.15) is 43.9 Å². The molecule has 2 rings (SSSR count). The summed E-state index contributed by atoms with van der Waals surface area (Å²) in [5.41, 5.74) is 3.43. The molecule has 0 aliphatic carbocycles. The third kappa shape index (κ3) is 7.86. The van der Waals surface area contributed by atoms with E-state index in [1.165, 1.54) is 11.1 Å². The Morgan fingerprint density at radius 2 is 1.50 bits per heavy atom. The van der Waals surface area contributed by atoms with Crippen LogP contribution in [0.5, 0.6) is 0 Å². The number of benzene rings is 2. The lowest BCUT2D eigenvalue weighted by Gasteiger charge is -2.29. The van der Waals surface area contributed by atoms with Crippen molar-refractivity contribution >= 4 is 23.6 Å². The zero-order valence-corrected chi connectivity index (χ0v) is 19.6. The van der Waals surface area contributed by atoms with Crippen molar-refractivity contribution < 1.29 is 9.59 Å². The van der Waals surface area contributed by atoms with E-state index in [9.17, 15) is 9.59 Å². The van der Waals surface area contributed by atoms with Gasteiger partial charge in [-0.05, 0) is 44.4 Å². The van der Waals surface area contributed by atoms with Gasteiger partial charge >= 0.3 is 0 Å². The third-order valence-electron chi connectivity index (χ3n) is 4.93. The van der Waals surface area contributed by atoms with Gasteiger partial charge < -0.3 is 10.2 Å². The molecule has 0 aliphatic rings. The van der Waals surface area contributed by atoms with Crippen molar-refractivity contribution in [2.75, 3.05) is 12.3 Å². The van der Waals surface area contributed by atoms with E-state index < -0.39 is 6.04 Å². The number of amides is 2. The summed E-state index contributed by atoms with van der Waals surface area (Å²) < 4.78 is 0. The Bertz CT molecular complexity index is 816. The molecule has 2 amide bonds. The highest BCUT2D eigenvalue weighted by molar-refractivity contribution is 7.99. The van der Waals surface area contributed by atoms with Gasteiger partial charge in [0.15, 0.2) is 0 Å². The summed E-state index contributed by atoms with van der Waals surface area (Å²) in [6, 6.07) is 15.9. The van der Waals surface area contributed by atoms with E-state index in [1.807, 2.05) is 38.1 Å². The Kier molecular flexibility index (Phi) is 9.44. The summed E-state index contributed by atoms with van der Waals surface area (Å²) in [6.45, 7) is 11.1. The first kappa shape index (κ1) is 24.0. The number of nitrogens with zero attached hydrogens (tertiary/aromatic N) is 1. The first-order valence-corrected chi connectivity index (χ1v) is 11.6. The van der Waals surface area contributed by atoms with Crippen molar-refractivity contribution in [3.05, 3.63) is 65.2 Å². The molecule has 2 aromatic rings. The van der Waals surface area contributed by atoms with Crippen molar-refractivity contribution in [2.24, 2.45) is 5.92 Å². The zero-order chi connectivity index (χ0) is 22.1. The van der Waals surface area contributed by atoms with Gasteiger partial charge in [0, 0.05) is 30.2 Å². The van der Waals surface area contributed by atoms with Crippen LogP contribution in [0.2, 0.25) is 0 Å².